The van der Waals surface area contributed by atoms with Crippen LogP contribution in [-0.2, 0) is 17.0 Å². The maximum absolute atomic E-state index is 13.0. The smallest absolute Gasteiger partial charge is 0.368 e. The van der Waals surface area contributed by atoms with Gasteiger partial charge in [0, 0.05) is 18.1 Å². The van der Waals surface area contributed by atoms with E-state index in [4.69, 9.17) is 23.2 Å². The molecule has 12 heteroatoms. The van der Waals surface area contributed by atoms with Crippen LogP contribution in [0.15, 0.2) is 17.0 Å². The molecule has 1 atom stereocenters. The van der Waals surface area contributed by atoms with Gasteiger partial charge >= 0.3 is 6.18 Å². The van der Waals surface area contributed by atoms with Crippen molar-refractivity contribution in [3.8, 4) is 11.8 Å². The van der Waals surface area contributed by atoms with Crippen LogP contribution in [0.5, 0.6) is 0 Å². The molecule has 0 fully saturated rings. The Morgan fingerprint density at radius 3 is 2.43 bits per heavy atom. The molecule has 1 unspecified atom stereocenters. The summed E-state index contributed by atoms with van der Waals surface area (Å²) >= 11 is 13.7. The molecule has 0 aliphatic heterocycles. The average molecular weight is 471 g/mol. The fourth-order valence-electron chi connectivity index (χ4n) is 2.36. The highest BCUT2D eigenvalue weighted by molar-refractivity contribution is 7.98. The molecule has 0 spiro atoms. The summed E-state index contributed by atoms with van der Waals surface area (Å²) in [6, 6.07) is 3.34. The van der Waals surface area contributed by atoms with E-state index in [1.165, 1.54) is 0 Å². The second-order valence-electron chi connectivity index (χ2n) is 5.39. The van der Waals surface area contributed by atoms with Crippen LogP contribution in [-0.4, -0.2) is 38.3 Å². The third kappa shape index (κ3) is 4.76. The predicted molar refractivity (Wildman–Crippen MR) is 107 cm³/mol. The summed E-state index contributed by atoms with van der Waals surface area (Å²) in [6.45, 7) is 2.12. The Balaban J connectivity index is 2.73. The van der Waals surface area contributed by atoms with Gasteiger partial charge in [0.15, 0.2) is 5.69 Å². The number of nitriles is 1. The second-order valence-corrected chi connectivity index (χ2v) is 8.87. The van der Waals surface area contributed by atoms with Crippen molar-refractivity contribution >= 4 is 51.6 Å². The molecule has 152 valence electrons. The van der Waals surface area contributed by atoms with E-state index in [-0.39, 0.29) is 37.9 Å². The first kappa shape index (κ1) is 22.9. The lowest BCUT2D eigenvalue weighted by Crippen LogP contribution is -2.13. The van der Waals surface area contributed by atoms with Gasteiger partial charge in [0.25, 0.3) is 0 Å². The van der Waals surface area contributed by atoms with Gasteiger partial charge in [-0.1, -0.05) is 30.1 Å². The molecule has 1 aromatic heterocycles. The van der Waals surface area contributed by atoms with E-state index in [2.05, 4.69) is 10.4 Å². The zero-order valence-corrected chi connectivity index (χ0v) is 17.9. The Morgan fingerprint density at radius 1 is 1.36 bits per heavy atom. The molecule has 1 aromatic carbocycles. The van der Waals surface area contributed by atoms with Crippen LogP contribution in [0.1, 0.15) is 18.2 Å². The Hall–Kier alpha value is -1.41. The zero-order valence-electron chi connectivity index (χ0n) is 14.7. The van der Waals surface area contributed by atoms with Gasteiger partial charge in [-0.2, -0.15) is 35.3 Å². The predicted octanol–water partition coefficient (Wildman–Crippen LogP) is 4.97. The molecule has 28 heavy (non-hydrogen) atoms. The number of nitrogens with one attached hydrogen (secondary N) is 1. The fraction of sp³-hybridized carbons (Fsp3) is 0.375. The Bertz CT molecular complexity index is 918. The van der Waals surface area contributed by atoms with Crippen LogP contribution >= 0.6 is 35.0 Å². The van der Waals surface area contributed by atoms with Crippen LogP contribution in [0.3, 0.4) is 0 Å². The number of anilines is 1. The quantitative estimate of drug-likeness (QED) is 0.578. The van der Waals surface area contributed by atoms with Gasteiger partial charge in [0.1, 0.15) is 22.5 Å². The Morgan fingerprint density at radius 2 is 1.96 bits per heavy atom. The van der Waals surface area contributed by atoms with E-state index in [1.807, 2.05) is 12.3 Å². The van der Waals surface area contributed by atoms with Crippen molar-refractivity contribution in [3.63, 3.8) is 0 Å². The van der Waals surface area contributed by atoms with Crippen LogP contribution in [0.25, 0.3) is 5.69 Å². The van der Waals surface area contributed by atoms with E-state index in [0.717, 1.165) is 16.8 Å². The lowest BCUT2D eigenvalue weighted by molar-refractivity contribution is -0.137. The van der Waals surface area contributed by atoms with Crippen LogP contribution in [0, 0.1) is 11.3 Å². The second kappa shape index (κ2) is 9.39. The Kier molecular flexibility index (Phi) is 7.67. The van der Waals surface area contributed by atoms with Crippen molar-refractivity contribution in [2.24, 2.45) is 0 Å². The highest BCUT2D eigenvalue weighted by Gasteiger charge is 2.33. The molecule has 0 saturated carbocycles. The van der Waals surface area contributed by atoms with Crippen molar-refractivity contribution in [2.45, 2.75) is 18.0 Å². The van der Waals surface area contributed by atoms with E-state index < -0.39 is 22.5 Å². The fourth-order valence-corrected chi connectivity index (χ4v) is 4.28. The first-order valence-corrected chi connectivity index (χ1v) is 11.3. The summed E-state index contributed by atoms with van der Waals surface area (Å²) in [5.74, 6) is 1.14. The van der Waals surface area contributed by atoms with E-state index in [0.29, 0.717) is 12.3 Å². The van der Waals surface area contributed by atoms with Crippen LogP contribution in [0.4, 0.5) is 19.0 Å². The first-order valence-electron chi connectivity index (χ1n) is 7.86. The molecule has 0 saturated heterocycles. The van der Waals surface area contributed by atoms with Crippen LogP contribution < -0.4 is 5.32 Å². The highest BCUT2D eigenvalue weighted by atomic mass is 35.5. The van der Waals surface area contributed by atoms with E-state index in [1.54, 1.807) is 18.7 Å². The summed E-state index contributed by atoms with van der Waals surface area (Å²) in [4.78, 5) is 0.165. The average Bonchev–Trinajstić information content (AvgIpc) is 2.98. The maximum atomic E-state index is 13.0. The van der Waals surface area contributed by atoms with Crippen molar-refractivity contribution in [2.75, 3.05) is 29.6 Å². The summed E-state index contributed by atoms with van der Waals surface area (Å²) in [7, 11) is -1.54. The molecular formula is C16H15Cl2F3N4OS2. The molecular weight excluding hydrogens is 456 g/mol. The number of halogens is 5. The van der Waals surface area contributed by atoms with Crippen molar-refractivity contribution in [3.05, 3.63) is 33.4 Å². The molecule has 2 aromatic rings. The molecule has 1 heterocycles. The maximum Gasteiger partial charge on any atom is 0.416 e. The molecule has 5 nitrogen and oxygen atoms in total. The number of aromatic nitrogens is 2. The molecule has 2 rings (SSSR count). The number of hydrogen-bond donors (Lipinski definition) is 1. The Labute approximate surface area is 176 Å². The number of rotatable bonds is 7. The number of alkyl halides is 3. The monoisotopic (exact) mass is 470 g/mol. The van der Waals surface area contributed by atoms with Gasteiger partial charge in [-0.15, -0.1) is 0 Å². The number of benzene rings is 1. The molecule has 0 amide bonds. The van der Waals surface area contributed by atoms with Gasteiger partial charge in [0.05, 0.1) is 26.4 Å². The third-order valence-electron chi connectivity index (χ3n) is 3.59. The van der Waals surface area contributed by atoms with Gasteiger partial charge < -0.3 is 5.32 Å². The normalized spacial score (nSPS) is 12.6. The van der Waals surface area contributed by atoms with E-state index >= 15 is 0 Å². The van der Waals surface area contributed by atoms with Gasteiger partial charge in [-0.05, 0) is 18.4 Å². The lowest BCUT2D eigenvalue weighted by atomic mass is 10.2. The number of hydrogen-bond acceptors (Lipinski definition) is 5. The lowest BCUT2D eigenvalue weighted by Gasteiger charge is -2.15. The minimum absolute atomic E-state index is 0.0289. The zero-order chi connectivity index (χ0) is 21.1. The molecule has 0 radical (unpaired) electrons. The third-order valence-corrected chi connectivity index (χ3v) is 6.15. The minimum atomic E-state index is -4.62. The van der Waals surface area contributed by atoms with Crippen molar-refractivity contribution in [1.82, 2.24) is 9.78 Å². The van der Waals surface area contributed by atoms with Crippen LogP contribution in [0.2, 0.25) is 10.0 Å². The number of nitrogens with zero attached hydrogens (tertiary/aromatic N) is 3. The first-order chi connectivity index (χ1) is 13.1. The SMILES string of the molecule is CCS(=O)c1c(C#N)nn(-c2c(Cl)cc(C(F)(F)F)cc2Cl)c1NCCSC. The minimum Gasteiger partial charge on any atom is -0.368 e. The molecule has 0 aliphatic carbocycles. The highest BCUT2D eigenvalue weighted by Crippen LogP contribution is 2.39. The van der Waals surface area contributed by atoms with Crippen molar-refractivity contribution in [1.29, 1.82) is 5.26 Å². The molecule has 0 bridgehead atoms. The molecule has 0 aliphatic rings. The summed E-state index contributed by atoms with van der Waals surface area (Å²) in [5, 5.41) is 16.0. The van der Waals surface area contributed by atoms with Gasteiger partial charge in [0.2, 0.25) is 0 Å². The van der Waals surface area contributed by atoms with Crippen molar-refractivity contribution < 1.29 is 17.4 Å². The van der Waals surface area contributed by atoms with Gasteiger partial charge in [-0.25, -0.2) is 4.68 Å². The summed E-state index contributed by atoms with van der Waals surface area (Å²) in [5.41, 5.74) is -1.15. The summed E-state index contributed by atoms with van der Waals surface area (Å²) < 4.78 is 52.6. The number of thioether (sulfide) groups is 1. The molecule has 1 N–H and O–H groups in total. The van der Waals surface area contributed by atoms with Gasteiger partial charge in [-0.3, -0.25) is 4.21 Å². The standard InChI is InChI=1S/C16H15Cl2F3N4OS2/c1-3-28(26)14-12(8-22)24-25(15(14)23-4-5-27-2)13-10(17)6-9(7-11(13)18)16(19,20)21/h6-7,23H,3-5H2,1-2H3. The largest absolute Gasteiger partial charge is 0.416 e. The van der Waals surface area contributed by atoms with E-state index in [9.17, 15) is 22.6 Å². The topological polar surface area (TPSA) is 70.7 Å². The summed E-state index contributed by atoms with van der Waals surface area (Å²) in [6.07, 6.45) is -2.73.